The van der Waals surface area contributed by atoms with Crippen LogP contribution in [0.5, 0.6) is 0 Å². The van der Waals surface area contributed by atoms with Gasteiger partial charge in [0.05, 0.1) is 6.57 Å². The number of hydrogen-bond acceptors (Lipinski definition) is 1. The van der Waals surface area contributed by atoms with Gasteiger partial charge in [0.2, 0.25) is 5.69 Å². The van der Waals surface area contributed by atoms with Crippen LogP contribution in [0.1, 0.15) is 31.2 Å². The van der Waals surface area contributed by atoms with Crippen molar-refractivity contribution in [2.24, 2.45) is 0 Å². The van der Waals surface area contributed by atoms with E-state index in [2.05, 4.69) is 55.3 Å². The molecule has 2 heteroatoms. The van der Waals surface area contributed by atoms with Gasteiger partial charge in [-0.1, -0.05) is 45.0 Å². The van der Waals surface area contributed by atoms with Gasteiger partial charge in [0, 0.05) is 4.88 Å². The van der Waals surface area contributed by atoms with Crippen molar-refractivity contribution < 1.29 is 0 Å². The van der Waals surface area contributed by atoms with Crippen LogP contribution in [0.3, 0.4) is 0 Å². The minimum atomic E-state index is 0.172. The fourth-order valence-electron chi connectivity index (χ4n) is 1.94. The first kappa shape index (κ1) is 12.9. The maximum atomic E-state index is 7.26. The second-order valence-electron chi connectivity index (χ2n) is 5.49. The van der Waals surface area contributed by atoms with Crippen LogP contribution in [-0.4, -0.2) is 0 Å². The Labute approximate surface area is 113 Å². The lowest BCUT2D eigenvalue weighted by Gasteiger charge is -2.19. The molecule has 0 saturated heterocycles. The van der Waals surface area contributed by atoms with Crippen LogP contribution < -0.4 is 0 Å². The first-order chi connectivity index (χ1) is 8.43. The number of hydrogen-bond donors (Lipinski definition) is 0. The van der Waals surface area contributed by atoms with E-state index in [0.29, 0.717) is 0 Å². The molecule has 0 bridgehead atoms. The van der Waals surface area contributed by atoms with E-state index in [9.17, 15) is 0 Å². The van der Waals surface area contributed by atoms with Crippen molar-refractivity contribution >= 4 is 17.0 Å². The molecule has 2 aromatic rings. The third-order valence-electron chi connectivity index (χ3n) is 3.12. The highest BCUT2D eigenvalue weighted by atomic mass is 32.1. The highest BCUT2D eigenvalue weighted by Crippen LogP contribution is 2.38. The molecule has 0 fully saturated rings. The Balaban J connectivity index is 2.45. The molecule has 1 aromatic carbocycles. The molecular weight excluding hydrogens is 238 g/mol. The summed E-state index contributed by atoms with van der Waals surface area (Å²) >= 11 is 1.65. The van der Waals surface area contributed by atoms with Crippen molar-refractivity contribution in [2.75, 3.05) is 0 Å². The Bertz CT molecular complexity index is 592. The fourth-order valence-corrected chi connectivity index (χ4v) is 2.75. The van der Waals surface area contributed by atoms with Crippen molar-refractivity contribution in [3.63, 3.8) is 0 Å². The highest BCUT2D eigenvalue weighted by Gasteiger charge is 2.14. The lowest BCUT2D eigenvalue weighted by atomic mass is 9.86. The smallest absolute Gasteiger partial charge is 0.208 e. The predicted octanol–water partition coefficient (Wildman–Crippen LogP) is 5.57. The maximum Gasteiger partial charge on any atom is 0.208 e. The van der Waals surface area contributed by atoms with Crippen molar-refractivity contribution in [3.05, 3.63) is 51.5 Å². The van der Waals surface area contributed by atoms with E-state index in [4.69, 9.17) is 6.57 Å². The molecule has 0 N–H and O–H groups in total. The number of aryl methyl sites for hydroxylation is 1. The molecule has 0 saturated carbocycles. The van der Waals surface area contributed by atoms with Gasteiger partial charge in [-0.3, -0.25) is 0 Å². The first-order valence-electron chi connectivity index (χ1n) is 6.00. The molecule has 92 valence electrons. The third-order valence-corrected chi connectivity index (χ3v) is 4.02. The Morgan fingerprint density at radius 3 is 2.22 bits per heavy atom. The molecule has 0 aliphatic heterocycles. The molecule has 2 rings (SSSR count). The van der Waals surface area contributed by atoms with Crippen LogP contribution >= 0.6 is 11.3 Å². The molecule has 1 heterocycles. The standard InChI is InChI=1S/C16H17NS/c1-11-15(17-5)14(10-18-11)12-6-8-13(9-7-12)16(2,3)4/h6-10H,1-4H3. The lowest BCUT2D eigenvalue weighted by molar-refractivity contribution is 0.590. The van der Waals surface area contributed by atoms with E-state index in [0.717, 1.165) is 21.7 Å². The Hall–Kier alpha value is -1.59. The summed E-state index contributed by atoms with van der Waals surface area (Å²) in [7, 11) is 0. The van der Waals surface area contributed by atoms with E-state index in [1.54, 1.807) is 11.3 Å². The van der Waals surface area contributed by atoms with E-state index >= 15 is 0 Å². The summed E-state index contributed by atoms with van der Waals surface area (Å²) in [5, 5.41) is 2.08. The minimum absolute atomic E-state index is 0.172. The van der Waals surface area contributed by atoms with E-state index in [-0.39, 0.29) is 5.41 Å². The summed E-state index contributed by atoms with van der Waals surface area (Å²) in [6.45, 7) is 15.9. The molecule has 0 radical (unpaired) electrons. The zero-order chi connectivity index (χ0) is 13.3. The molecule has 1 nitrogen and oxygen atoms in total. The average molecular weight is 255 g/mol. The van der Waals surface area contributed by atoms with Gasteiger partial charge in [-0.2, -0.15) is 11.3 Å². The summed E-state index contributed by atoms with van der Waals surface area (Å²) in [6, 6.07) is 8.57. The van der Waals surface area contributed by atoms with E-state index in [1.807, 2.05) is 6.92 Å². The largest absolute Gasteiger partial charge is 0.236 e. The monoisotopic (exact) mass is 255 g/mol. The summed E-state index contributed by atoms with van der Waals surface area (Å²) in [4.78, 5) is 4.74. The van der Waals surface area contributed by atoms with Crippen molar-refractivity contribution in [3.8, 4) is 11.1 Å². The van der Waals surface area contributed by atoms with Crippen LogP contribution in [0.15, 0.2) is 29.6 Å². The summed E-state index contributed by atoms with van der Waals surface area (Å²) in [6.07, 6.45) is 0. The van der Waals surface area contributed by atoms with Crippen molar-refractivity contribution in [1.29, 1.82) is 0 Å². The Morgan fingerprint density at radius 2 is 1.72 bits per heavy atom. The van der Waals surface area contributed by atoms with Gasteiger partial charge < -0.3 is 0 Å². The quantitative estimate of drug-likeness (QED) is 0.587. The van der Waals surface area contributed by atoms with Gasteiger partial charge in [0.15, 0.2) is 0 Å². The zero-order valence-electron chi connectivity index (χ0n) is 11.2. The molecule has 1 aromatic heterocycles. The number of rotatable bonds is 1. The van der Waals surface area contributed by atoms with Crippen LogP contribution in [0.4, 0.5) is 5.69 Å². The summed E-state index contributed by atoms with van der Waals surface area (Å²) in [5.41, 5.74) is 4.49. The maximum absolute atomic E-state index is 7.26. The van der Waals surface area contributed by atoms with Gasteiger partial charge in [0.25, 0.3) is 0 Å². The van der Waals surface area contributed by atoms with Crippen LogP contribution in [0.2, 0.25) is 0 Å². The van der Waals surface area contributed by atoms with Crippen LogP contribution in [0.25, 0.3) is 16.0 Å². The second-order valence-corrected chi connectivity index (χ2v) is 6.58. The van der Waals surface area contributed by atoms with Crippen molar-refractivity contribution in [1.82, 2.24) is 0 Å². The van der Waals surface area contributed by atoms with Gasteiger partial charge in [-0.15, -0.1) is 0 Å². The molecule has 0 aliphatic rings. The van der Waals surface area contributed by atoms with Gasteiger partial charge in [0.1, 0.15) is 0 Å². The average Bonchev–Trinajstić information content (AvgIpc) is 2.69. The summed E-state index contributed by atoms with van der Waals surface area (Å²) in [5.74, 6) is 0. The highest BCUT2D eigenvalue weighted by molar-refractivity contribution is 7.11. The number of benzene rings is 1. The molecule has 0 amide bonds. The summed E-state index contributed by atoms with van der Waals surface area (Å²) < 4.78 is 0. The Morgan fingerprint density at radius 1 is 1.11 bits per heavy atom. The SMILES string of the molecule is [C-]#[N+]c1c(-c2ccc(C(C)(C)C)cc2)csc1C. The van der Waals surface area contributed by atoms with Gasteiger partial charge in [-0.05, 0) is 34.4 Å². The zero-order valence-corrected chi connectivity index (χ0v) is 12.1. The first-order valence-corrected chi connectivity index (χ1v) is 6.88. The molecule has 0 spiro atoms. The van der Waals surface area contributed by atoms with E-state index in [1.165, 1.54) is 5.56 Å². The normalized spacial score (nSPS) is 11.3. The lowest BCUT2D eigenvalue weighted by Crippen LogP contribution is -2.10. The van der Waals surface area contributed by atoms with Crippen molar-refractivity contribution in [2.45, 2.75) is 33.1 Å². The van der Waals surface area contributed by atoms with Crippen LogP contribution in [0, 0.1) is 13.5 Å². The number of thiophene rings is 1. The fraction of sp³-hybridized carbons (Fsp3) is 0.312. The van der Waals surface area contributed by atoms with Gasteiger partial charge >= 0.3 is 0 Å². The molecule has 18 heavy (non-hydrogen) atoms. The second kappa shape index (κ2) is 4.59. The molecular formula is C16H17NS. The molecule has 0 unspecified atom stereocenters. The molecule has 0 atom stereocenters. The minimum Gasteiger partial charge on any atom is -0.236 e. The topological polar surface area (TPSA) is 4.36 Å². The number of nitrogens with zero attached hydrogens (tertiary/aromatic N) is 1. The Kier molecular flexibility index (Phi) is 3.28. The third kappa shape index (κ3) is 2.32. The van der Waals surface area contributed by atoms with Gasteiger partial charge in [-0.25, -0.2) is 4.85 Å². The van der Waals surface area contributed by atoms with E-state index < -0.39 is 0 Å². The van der Waals surface area contributed by atoms with Crippen LogP contribution in [-0.2, 0) is 5.41 Å². The molecule has 0 aliphatic carbocycles. The predicted molar refractivity (Wildman–Crippen MR) is 79.5 cm³/mol.